The number of ketones is 2. The number of aliphatic hydroxyl groups is 1. The predicted molar refractivity (Wildman–Crippen MR) is 63.8 cm³/mol. The molecule has 0 radical (unpaired) electrons. The molecule has 0 amide bonds. The van der Waals surface area contributed by atoms with Crippen LogP contribution in [0.15, 0.2) is 0 Å². The summed E-state index contributed by atoms with van der Waals surface area (Å²) in [6, 6.07) is 0. The van der Waals surface area contributed by atoms with Gasteiger partial charge < -0.3 is 5.11 Å². The standard InChI is InChI=1S/C10H18O3.2CH4/c1-6(11)5-10(9(4)13)7(2)8(3)12;;/h6-7,10-11H,5H2,1-4H3;2*1H4. The van der Waals surface area contributed by atoms with E-state index < -0.39 is 6.10 Å². The Morgan fingerprint density at radius 1 is 1.07 bits per heavy atom. The third-order valence-corrected chi connectivity index (χ3v) is 2.36. The Kier molecular flexibility index (Phi) is 11.4. The molecule has 0 saturated heterocycles. The summed E-state index contributed by atoms with van der Waals surface area (Å²) in [5, 5.41) is 9.14. The van der Waals surface area contributed by atoms with E-state index in [2.05, 4.69) is 0 Å². The first kappa shape index (κ1) is 19.8. The van der Waals surface area contributed by atoms with Gasteiger partial charge in [0.25, 0.3) is 0 Å². The largest absolute Gasteiger partial charge is 0.393 e. The van der Waals surface area contributed by atoms with Crippen LogP contribution in [0, 0.1) is 11.8 Å². The monoisotopic (exact) mass is 218 g/mol. The van der Waals surface area contributed by atoms with Gasteiger partial charge in [0.05, 0.1) is 6.10 Å². The molecule has 3 nitrogen and oxygen atoms in total. The molecule has 0 aromatic carbocycles. The number of carbonyl (C=O) groups excluding carboxylic acids is 2. The molecule has 0 aliphatic rings. The zero-order valence-electron chi connectivity index (χ0n) is 8.70. The summed E-state index contributed by atoms with van der Waals surface area (Å²) < 4.78 is 0. The molecule has 0 bridgehead atoms. The van der Waals surface area contributed by atoms with E-state index in [0.717, 1.165) is 0 Å². The third-order valence-electron chi connectivity index (χ3n) is 2.36. The fraction of sp³-hybridized carbons (Fsp3) is 0.833. The average Bonchev–Trinajstić information content (AvgIpc) is 1.97. The van der Waals surface area contributed by atoms with Gasteiger partial charge in [0.1, 0.15) is 11.6 Å². The Labute approximate surface area is 93.9 Å². The Morgan fingerprint density at radius 3 is 1.67 bits per heavy atom. The van der Waals surface area contributed by atoms with E-state index in [9.17, 15) is 9.59 Å². The maximum absolute atomic E-state index is 11.2. The van der Waals surface area contributed by atoms with Gasteiger partial charge in [-0.3, -0.25) is 9.59 Å². The van der Waals surface area contributed by atoms with E-state index in [1.54, 1.807) is 13.8 Å². The fourth-order valence-corrected chi connectivity index (χ4v) is 1.37. The van der Waals surface area contributed by atoms with Crippen LogP contribution in [0.5, 0.6) is 0 Å². The Hall–Kier alpha value is -0.700. The second kappa shape index (κ2) is 8.60. The molecule has 0 heterocycles. The molecule has 15 heavy (non-hydrogen) atoms. The van der Waals surface area contributed by atoms with Crippen molar-refractivity contribution in [1.82, 2.24) is 0 Å². The van der Waals surface area contributed by atoms with E-state index in [0.29, 0.717) is 6.42 Å². The second-order valence-corrected chi connectivity index (χ2v) is 3.70. The Morgan fingerprint density at radius 2 is 1.47 bits per heavy atom. The zero-order valence-corrected chi connectivity index (χ0v) is 8.70. The van der Waals surface area contributed by atoms with Crippen molar-refractivity contribution in [3.63, 3.8) is 0 Å². The van der Waals surface area contributed by atoms with Gasteiger partial charge >= 0.3 is 0 Å². The van der Waals surface area contributed by atoms with Gasteiger partial charge in [0.15, 0.2) is 0 Å². The first-order valence-electron chi connectivity index (χ1n) is 4.55. The van der Waals surface area contributed by atoms with Gasteiger partial charge in [-0.1, -0.05) is 21.8 Å². The molecule has 0 aliphatic heterocycles. The van der Waals surface area contributed by atoms with Crippen LogP contribution in [0.1, 0.15) is 49.0 Å². The minimum absolute atomic E-state index is 0. The summed E-state index contributed by atoms with van der Waals surface area (Å²) in [6.45, 7) is 6.30. The molecule has 0 saturated carbocycles. The van der Waals surface area contributed by atoms with Crippen LogP contribution in [0.2, 0.25) is 0 Å². The van der Waals surface area contributed by atoms with Gasteiger partial charge in [-0.2, -0.15) is 0 Å². The molecule has 0 aromatic rings. The lowest BCUT2D eigenvalue weighted by atomic mass is 9.84. The predicted octanol–water partition coefficient (Wildman–Crippen LogP) is 2.46. The summed E-state index contributed by atoms with van der Waals surface area (Å²) in [6.07, 6.45) is -0.161. The zero-order chi connectivity index (χ0) is 10.6. The summed E-state index contributed by atoms with van der Waals surface area (Å²) >= 11 is 0. The topological polar surface area (TPSA) is 54.4 Å². The molecule has 0 aromatic heterocycles. The highest BCUT2D eigenvalue weighted by Crippen LogP contribution is 2.19. The van der Waals surface area contributed by atoms with Crippen LogP contribution in [-0.2, 0) is 9.59 Å². The average molecular weight is 218 g/mol. The highest BCUT2D eigenvalue weighted by molar-refractivity contribution is 5.87. The van der Waals surface area contributed by atoms with E-state index in [-0.39, 0.29) is 38.3 Å². The smallest absolute Gasteiger partial charge is 0.133 e. The molecular weight excluding hydrogens is 192 g/mol. The van der Waals surface area contributed by atoms with Crippen molar-refractivity contribution < 1.29 is 14.7 Å². The molecule has 0 spiro atoms. The number of hydrogen-bond donors (Lipinski definition) is 1. The van der Waals surface area contributed by atoms with Crippen LogP contribution in [-0.4, -0.2) is 22.8 Å². The van der Waals surface area contributed by atoms with E-state index in [1.807, 2.05) is 0 Å². The maximum Gasteiger partial charge on any atom is 0.133 e. The molecule has 0 rings (SSSR count). The molecule has 3 atom stereocenters. The second-order valence-electron chi connectivity index (χ2n) is 3.70. The van der Waals surface area contributed by atoms with Crippen molar-refractivity contribution in [2.45, 2.75) is 55.1 Å². The lowest BCUT2D eigenvalue weighted by Crippen LogP contribution is -2.27. The van der Waals surface area contributed by atoms with Gasteiger partial charge in [-0.05, 0) is 27.2 Å². The number of hydrogen-bond acceptors (Lipinski definition) is 3. The first-order valence-corrected chi connectivity index (χ1v) is 4.55. The molecule has 0 fully saturated rings. The highest BCUT2D eigenvalue weighted by atomic mass is 16.3. The van der Waals surface area contributed by atoms with Crippen molar-refractivity contribution >= 4 is 11.6 Å². The van der Waals surface area contributed by atoms with Gasteiger partial charge in [-0.25, -0.2) is 0 Å². The minimum Gasteiger partial charge on any atom is -0.393 e. The minimum atomic E-state index is -0.532. The van der Waals surface area contributed by atoms with Crippen LogP contribution in [0.25, 0.3) is 0 Å². The van der Waals surface area contributed by atoms with Crippen molar-refractivity contribution in [1.29, 1.82) is 0 Å². The maximum atomic E-state index is 11.2. The normalized spacial score (nSPS) is 15.3. The summed E-state index contributed by atoms with van der Waals surface area (Å²) in [5.41, 5.74) is 0. The van der Waals surface area contributed by atoms with Crippen molar-refractivity contribution in [2.75, 3.05) is 0 Å². The molecule has 92 valence electrons. The number of aliphatic hydroxyl groups excluding tert-OH is 1. The van der Waals surface area contributed by atoms with Crippen LogP contribution >= 0.6 is 0 Å². The van der Waals surface area contributed by atoms with Crippen molar-refractivity contribution in [3.05, 3.63) is 0 Å². The van der Waals surface area contributed by atoms with Crippen LogP contribution in [0.3, 0.4) is 0 Å². The number of rotatable bonds is 5. The van der Waals surface area contributed by atoms with Gasteiger partial charge in [0.2, 0.25) is 0 Å². The van der Waals surface area contributed by atoms with Gasteiger partial charge in [0, 0.05) is 11.8 Å². The quantitative estimate of drug-likeness (QED) is 0.771. The Bertz CT molecular complexity index is 197. The summed E-state index contributed by atoms with van der Waals surface area (Å²) in [4.78, 5) is 22.2. The van der Waals surface area contributed by atoms with Crippen LogP contribution in [0.4, 0.5) is 0 Å². The molecule has 3 heteroatoms. The van der Waals surface area contributed by atoms with E-state index in [4.69, 9.17) is 5.11 Å². The summed E-state index contributed by atoms with van der Waals surface area (Å²) in [7, 11) is 0. The van der Waals surface area contributed by atoms with Crippen molar-refractivity contribution in [2.24, 2.45) is 11.8 Å². The summed E-state index contributed by atoms with van der Waals surface area (Å²) in [5.74, 6) is -0.644. The number of Topliss-reactive ketones (excluding diaryl/α,β-unsaturated/α-hetero) is 2. The fourth-order valence-electron chi connectivity index (χ4n) is 1.37. The van der Waals surface area contributed by atoms with E-state index in [1.165, 1.54) is 13.8 Å². The van der Waals surface area contributed by atoms with Crippen LogP contribution < -0.4 is 0 Å². The number of carbonyl (C=O) groups is 2. The van der Waals surface area contributed by atoms with Crippen molar-refractivity contribution in [3.8, 4) is 0 Å². The van der Waals surface area contributed by atoms with E-state index >= 15 is 0 Å². The molecule has 3 unspecified atom stereocenters. The lowest BCUT2D eigenvalue weighted by molar-refractivity contribution is -0.130. The highest BCUT2D eigenvalue weighted by Gasteiger charge is 2.26. The molecule has 1 N–H and O–H groups in total. The molecule has 0 aliphatic carbocycles. The third kappa shape index (κ3) is 7.25. The van der Waals surface area contributed by atoms with Gasteiger partial charge in [-0.15, -0.1) is 0 Å². The SMILES string of the molecule is C.C.CC(=O)C(C)C(CC(C)O)C(C)=O. The lowest BCUT2D eigenvalue weighted by Gasteiger charge is -2.20. The molecular formula is C12H26O3. The Balaban J connectivity index is -0.000000720. The first-order chi connectivity index (χ1) is 5.86.